The van der Waals surface area contributed by atoms with Gasteiger partial charge in [-0.15, -0.1) is 0 Å². The summed E-state index contributed by atoms with van der Waals surface area (Å²) < 4.78 is 20.5. The van der Waals surface area contributed by atoms with Crippen LogP contribution in [0.5, 0.6) is 5.75 Å². The molecule has 0 radical (unpaired) electrons. The number of rotatable bonds is 5. The zero-order chi connectivity index (χ0) is 19.7. The second-order valence-corrected chi connectivity index (χ2v) is 7.07. The number of hydrogen-bond acceptors (Lipinski definition) is 7. The monoisotopic (exact) mass is 401 g/mol. The number of carbonyl (C=O) groups excluding carboxylic acids is 1. The van der Waals surface area contributed by atoms with Crippen molar-refractivity contribution in [2.45, 2.75) is 24.2 Å². The van der Waals surface area contributed by atoms with E-state index in [0.717, 1.165) is 22.3 Å². The third-order valence-corrected chi connectivity index (χ3v) is 5.08. The standard InChI is InChI=1S/C18H16FN5O3S/c1-27-12-4-5-15(21-7-12)28-24-9-11-8-23(10-14(11)22-24)18(26)17(25)16-13(19)3-2-6-20-16/h2-7,9,17,25H,8,10H2,1H3. The van der Waals surface area contributed by atoms with Crippen molar-refractivity contribution in [1.82, 2.24) is 24.1 Å². The van der Waals surface area contributed by atoms with Crippen LogP contribution in [0.3, 0.4) is 0 Å². The molecule has 1 aliphatic rings. The fraction of sp³-hybridized carbons (Fsp3) is 0.222. The molecule has 1 amide bonds. The number of halogens is 1. The van der Waals surface area contributed by atoms with E-state index in [4.69, 9.17) is 4.74 Å². The summed E-state index contributed by atoms with van der Waals surface area (Å²) in [5.74, 6) is -0.648. The zero-order valence-corrected chi connectivity index (χ0v) is 15.6. The normalized spacial score (nSPS) is 14.0. The molecule has 0 fully saturated rings. The van der Waals surface area contributed by atoms with Gasteiger partial charge in [0.15, 0.2) is 6.10 Å². The van der Waals surface area contributed by atoms with E-state index >= 15 is 0 Å². The lowest BCUT2D eigenvalue weighted by atomic mass is 10.2. The second-order valence-electron chi connectivity index (χ2n) is 6.10. The first-order chi connectivity index (χ1) is 13.5. The van der Waals surface area contributed by atoms with E-state index < -0.39 is 17.8 Å². The molecule has 0 saturated heterocycles. The van der Waals surface area contributed by atoms with Gasteiger partial charge in [0.2, 0.25) is 0 Å². The number of carbonyl (C=O) groups is 1. The molecule has 0 saturated carbocycles. The SMILES string of the molecule is COc1ccc(Sn2cc3c(n2)CN(C(=O)C(O)c2ncccc2F)C3)nc1. The Kier molecular flexibility index (Phi) is 4.97. The first-order valence-corrected chi connectivity index (χ1v) is 9.15. The van der Waals surface area contributed by atoms with E-state index in [0.29, 0.717) is 5.75 Å². The fourth-order valence-electron chi connectivity index (χ4n) is 2.86. The maximum atomic E-state index is 13.8. The van der Waals surface area contributed by atoms with Gasteiger partial charge >= 0.3 is 0 Å². The average molecular weight is 401 g/mol. The summed E-state index contributed by atoms with van der Waals surface area (Å²) >= 11 is 1.33. The molecule has 8 nitrogen and oxygen atoms in total. The number of aromatic nitrogens is 4. The lowest BCUT2D eigenvalue weighted by molar-refractivity contribution is -0.141. The Balaban J connectivity index is 1.42. The van der Waals surface area contributed by atoms with Crippen molar-refractivity contribution in [2.24, 2.45) is 0 Å². The van der Waals surface area contributed by atoms with Crippen molar-refractivity contribution < 1.29 is 19.0 Å². The van der Waals surface area contributed by atoms with Crippen LogP contribution in [0.1, 0.15) is 23.1 Å². The number of aliphatic hydroxyl groups is 1. The quantitative estimate of drug-likeness (QED) is 0.698. The molecule has 4 rings (SSSR count). The lowest BCUT2D eigenvalue weighted by Crippen LogP contribution is -2.32. The highest BCUT2D eigenvalue weighted by Gasteiger charge is 2.32. The predicted molar refractivity (Wildman–Crippen MR) is 97.7 cm³/mol. The minimum absolute atomic E-state index is 0.239. The third-order valence-electron chi connectivity index (χ3n) is 4.28. The molecule has 1 N–H and O–H groups in total. The van der Waals surface area contributed by atoms with E-state index in [2.05, 4.69) is 15.1 Å². The van der Waals surface area contributed by atoms with Gasteiger partial charge in [-0.2, -0.15) is 5.10 Å². The number of aliphatic hydroxyl groups excluding tert-OH is 1. The molecule has 0 aromatic carbocycles. The topological polar surface area (TPSA) is 93.4 Å². The minimum Gasteiger partial charge on any atom is -0.495 e. The van der Waals surface area contributed by atoms with Crippen molar-refractivity contribution in [1.29, 1.82) is 0 Å². The highest BCUT2D eigenvalue weighted by Crippen LogP contribution is 2.28. The van der Waals surface area contributed by atoms with Crippen LogP contribution in [0.15, 0.2) is 47.9 Å². The van der Waals surface area contributed by atoms with Crippen LogP contribution < -0.4 is 4.74 Å². The predicted octanol–water partition coefficient (Wildman–Crippen LogP) is 1.95. The highest BCUT2D eigenvalue weighted by molar-refractivity contribution is 7.97. The van der Waals surface area contributed by atoms with Crippen LogP contribution >= 0.6 is 11.9 Å². The van der Waals surface area contributed by atoms with E-state index in [1.165, 1.54) is 29.1 Å². The number of fused-ring (bicyclic) bond motifs is 1. The van der Waals surface area contributed by atoms with Gasteiger partial charge in [0, 0.05) is 36.4 Å². The Labute approximate surface area is 164 Å². The molecule has 3 aromatic rings. The van der Waals surface area contributed by atoms with Gasteiger partial charge in [-0.05, 0) is 24.3 Å². The number of pyridine rings is 2. The summed E-state index contributed by atoms with van der Waals surface area (Å²) in [7, 11) is 1.58. The molecule has 1 unspecified atom stereocenters. The Bertz CT molecular complexity index is 987. The smallest absolute Gasteiger partial charge is 0.258 e. The number of methoxy groups -OCH3 is 1. The molecule has 1 atom stereocenters. The summed E-state index contributed by atoms with van der Waals surface area (Å²) in [5, 5.41) is 15.4. The first kappa shape index (κ1) is 18.4. The van der Waals surface area contributed by atoms with Crippen molar-refractivity contribution in [3.8, 4) is 5.75 Å². The van der Waals surface area contributed by atoms with Gasteiger partial charge in [0.05, 0.1) is 25.5 Å². The summed E-state index contributed by atoms with van der Waals surface area (Å²) in [6, 6.07) is 6.20. The van der Waals surface area contributed by atoms with Crippen molar-refractivity contribution in [3.63, 3.8) is 0 Å². The molecule has 1 aliphatic heterocycles. The summed E-state index contributed by atoms with van der Waals surface area (Å²) in [5.41, 5.74) is 1.31. The van der Waals surface area contributed by atoms with Gasteiger partial charge < -0.3 is 14.7 Å². The Hall–Kier alpha value is -2.98. The summed E-state index contributed by atoms with van der Waals surface area (Å²) in [6.07, 6.45) is 3.13. The molecular formula is C18H16FN5O3S. The zero-order valence-electron chi connectivity index (χ0n) is 14.8. The van der Waals surface area contributed by atoms with Crippen LogP contribution in [-0.2, 0) is 17.9 Å². The maximum Gasteiger partial charge on any atom is 0.258 e. The largest absolute Gasteiger partial charge is 0.495 e. The molecular weight excluding hydrogens is 385 g/mol. The van der Waals surface area contributed by atoms with Gasteiger partial charge in [-0.1, -0.05) is 0 Å². The van der Waals surface area contributed by atoms with Crippen molar-refractivity contribution in [2.75, 3.05) is 7.11 Å². The molecule has 10 heteroatoms. The number of amides is 1. The Morgan fingerprint density at radius 3 is 2.86 bits per heavy atom. The van der Waals surface area contributed by atoms with Gasteiger partial charge in [-0.3, -0.25) is 9.78 Å². The molecule has 0 spiro atoms. The van der Waals surface area contributed by atoms with Gasteiger partial charge in [0.25, 0.3) is 5.91 Å². The highest BCUT2D eigenvalue weighted by atomic mass is 32.2. The maximum absolute atomic E-state index is 13.8. The van der Waals surface area contributed by atoms with Crippen LogP contribution in [0.4, 0.5) is 4.39 Å². The number of nitrogens with zero attached hydrogens (tertiary/aromatic N) is 5. The van der Waals surface area contributed by atoms with Crippen LogP contribution in [0.2, 0.25) is 0 Å². The first-order valence-electron chi connectivity index (χ1n) is 8.38. The number of hydrogen-bond donors (Lipinski definition) is 1. The van der Waals surface area contributed by atoms with Crippen LogP contribution in [0.25, 0.3) is 0 Å². The van der Waals surface area contributed by atoms with E-state index in [9.17, 15) is 14.3 Å². The Morgan fingerprint density at radius 1 is 1.32 bits per heavy atom. The molecule has 144 valence electrons. The second kappa shape index (κ2) is 7.56. The summed E-state index contributed by atoms with van der Waals surface area (Å²) in [4.78, 5) is 22.0. The van der Waals surface area contributed by atoms with Crippen molar-refractivity contribution in [3.05, 3.63) is 65.6 Å². The Morgan fingerprint density at radius 2 is 2.18 bits per heavy atom. The lowest BCUT2D eigenvalue weighted by Gasteiger charge is -2.19. The van der Waals surface area contributed by atoms with Crippen molar-refractivity contribution >= 4 is 17.9 Å². The van der Waals surface area contributed by atoms with E-state index in [1.54, 1.807) is 17.4 Å². The van der Waals surface area contributed by atoms with Gasteiger partial charge in [0.1, 0.15) is 22.3 Å². The van der Waals surface area contributed by atoms with E-state index in [1.807, 2.05) is 18.3 Å². The van der Waals surface area contributed by atoms with E-state index in [-0.39, 0.29) is 18.8 Å². The minimum atomic E-state index is -1.64. The molecule has 3 aromatic heterocycles. The fourth-order valence-corrected chi connectivity index (χ4v) is 3.60. The number of ether oxygens (including phenoxy) is 1. The van der Waals surface area contributed by atoms with Gasteiger partial charge in [-0.25, -0.2) is 13.5 Å². The molecule has 0 bridgehead atoms. The molecule has 28 heavy (non-hydrogen) atoms. The third kappa shape index (κ3) is 3.56. The summed E-state index contributed by atoms with van der Waals surface area (Å²) in [6.45, 7) is 0.527. The molecule has 4 heterocycles. The average Bonchev–Trinajstić information content (AvgIpc) is 3.26. The van der Waals surface area contributed by atoms with Crippen LogP contribution in [0, 0.1) is 5.82 Å². The van der Waals surface area contributed by atoms with Crippen LogP contribution in [-0.4, -0.2) is 42.2 Å². The molecule has 0 aliphatic carbocycles.